The molecule has 0 radical (unpaired) electrons. The molecule has 18 heavy (non-hydrogen) atoms. The zero-order valence-corrected chi connectivity index (χ0v) is 11.1. The number of aromatic nitrogens is 1. The SMILES string of the molecule is O=C1CCCCCN1Cc1nc2ccccc2s1. The van der Waals surface area contributed by atoms with Crippen LogP contribution in [0.2, 0.25) is 0 Å². The van der Waals surface area contributed by atoms with Gasteiger partial charge in [0.1, 0.15) is 5.01 Å². The maximum absolute atomic E-state index is 11.9. The molecule has 0 spiro atoms. The van der Waals surface area contributed by atoms with E-state index in [-0.39, 0.29) is 5.91 Å². The van der Waals surface area contributed by atoms with E-state index in [0.29, 0.717) is 13.0 Å². The van der Waals surface area contributed by atoms with Crippen LogP contribution in [0.5, 0.6) is 0 Å². The van der Waals surface area contributed by atoms with Gasteiger partial charge in [-0.1, -0.05) is 18.6 Å². The highest BCUT2D eigenvalue weighted by Gasteiger charge is 2.18. The molecule has 1 aromatic heterocycles. The molecule has 94 valence electrons. The van der Waals surface area contributed by atoms with Crippen molar-refractivity contribution in [1.29, 1.82) is 0 Å². The molecule has 0 aliphatic carbocycles. The molecular weight excluding hydrogens is 244 g/mol. The minimum atomic E-state index is 0.284. The number of fused-ring (bicyclic) bond motifs is 1. The lowest BCUT2D eigenvalue weighted by molar-refractivity contribution is -0.131. The molecule has 0 bridgehead atoms. The molecule has 2 aromatic rings. The van der Waals surface area contributed by atoms with Crippen molar-refractivity contribution >= 4 is 27.5 Å². The Balaban J connectivity index is 1.80. The summed E-state index contributed by atoms with van der Waals surface area (Å²) in [5.41, 5.74) is 1.04. The van der Waals surface area contributed by atoms with Crippen molar-refractivity contribution in [1.82, 2.24) is 9.88 Å². The molecule has 1 fully saturated rings. The van der Waals surface area contributed by atoms with Crippen molar-refractivity contribution in [2.45, 2.75) is 32.2 Å². The number of nitrogens with zero attached hydrogens (tertiary/aromatic N) is 2. The Kier molecular flexibility index (Phi) is 3.28. The predicted molar refractivity (Wildman–Crippen MR) is 73.5 cm³/mol. The minimum absolute atomic E-state index is 0.284. The molecule has 3 nitrogen and oxygen atoms in total. The van der Waals surface area contributed by atoms with Gasteiger partial charge in [0.2, 0.25) is 5.91 Å². The molecule has 1 aliphatic rings. The van der Waals surface area contributed by atoms with Gasteiger partial charge >= 0.3 is 0 Å². The lowest BCUT2D eigenvalue weighted by Crippen LogP contribution is -2.29. The molecule has 0 N–H and O–H groups in total. The molecule has 1 saturated heterocycles. The maximum Gasteiger partial charge on any atom is 0.222 e. The Labute approximate surface area is 110 Å². The molecule has 2 heterocycles. The second-order valence-corrected chi connectivity index (χ2v) is 5.82. The van der Waals surface area contributed by atoms with Crippen molar-refractivity contribution in [3.8, 4) is 0 Å². The quantitative estimate of drug-likeness (QED) is 0.830. The smallest absolute Gasteiger partial charge is 0.222 e. The third-order valence-corrected chi connectivity index (χ3v) is 4.36. The number of carbonyl (C=O) groups is 1. The predicted octanol–water partition coefficient (Wildman–Crippen LogP) is 3.20. The molecular formula is C14H16N2OS. The number of hydrogen-bond donors (Lipinski definition) is 0. The first-order valence-electron chi connectivity index (χ1n) is 6.45. The van der Waals surface area contributed by atoms with Gasteiger partial charge in [0.05, 0.1) is 16.8 Å². The van der Waals surface area contributed by atoms with E-state index in [9.17, 15) is 4.79 Å². The summed E-state index contributed by atoms with van der Waals surface area (Å²) in [6.45, 7) is 1.56. The summed E-state index contributed by atoms with van der Waals surface area (Å²) in [5.74, 6) is 0.284. The van der Waals surface area contributed by atoms with Crippen LogP contribution in [0, 0.1) is 0 Å². The van der Waals surface area contributed by atoms with E-state index in [2.05, 4.69) is 11.1 Å². The van der Waals surface area contributed by atoms with Gasteiger partial charge in [-0.05, 0) is 25.0 Å². The largest absolute Gasteiger partial charge is 0.336 e. The maximum atomic E-state index is 11.9. The lowest BCUT2D eigenvalue weighted by atomic mass is 10.2. The van der Waals surface area contributed by atoms with Crippen molar-refractivity contribution in [2.75, 3.05) is 6.54 Å². The summed E-state index contributed by atoms with van der Waals surface area (Å²) in [7, 11) is 0. The van der Waals surface area contributed by atoms with E-state index in [0.717, 1.165) is 29.9 Å². The van der Waals surface area contributed by atoms with E-state index in [1.165, 1.54) is 11.1 Å². The van der Waals surface area contributed by atoms with Gasteiger partial charge in [-0.2, -0.15) is 0 Å². The number of para-hydroxylation sites is 1. The fourth-order valence-electron chi connectivity index (χ4n) is 2.36. The first kappa shape index (κ1) is 11.7. The third kappa shape index (κ3) is 2.38. The standard InChI is InChI=1S/C14H16N2OS/c17-14-8-2-1-5-9-16(14)10-13-15-11-6-3-4-7-12(11)18-13/h3-4,6-7H,1-2,5,8-10H2. The first-order valence-corrected chi connectivity index (χ1v) is 7.27. The average molecular weight is 260 g/mol. The van der Waals surface area contributed by atoms with Crippen molar-refractivity contribution in [3.63, 3.8) is 0 Å². The van der Waals surface area contributed by atoms with Crippen molar-refractivity contribution in [2.24, 2.45) is 0 Å². The van der Waals surface area contributed by atoms with E-state index in [1.807, 2.05) is 23.1 Å². The van der Waals surface area contributed by atoms with Gasteiger partial charge in [-0.25, -0.2) is 4.98 Å². The van der Waals surface area contributed by atoms with Crippen molar-refractivity contribution < 1.29 is 4.79 Å². The van der Waals surface area contributed by atoms with Crippen LogP contribution in [0.1, 0.15) is 30.7 Å². The summed E-state index contributed by atoms with van der Waals surface area (Å²) in [5, 5.41) is 1.05. The monoisotopic (exact) mass is 260 g/mol. The van der Waals surface area contributed by atoms with Gasteiger partial charge in [-0.3, -0.25) is 4.79 Å². The van der Waals surface area contributed by atoms with E-state index >= 15 is 0 Å². The van der Waals surface area contributed by atoms with Gasteiger partial charge in [-0.15, -0.1) is 11.3 Å². The molecule has 1 aromatic carbocycles. The Bertz CT molecular complexity index is 531. The highest BCUT2D eigenvalue weighted by molar-refractivity contribution is 7.18. The number of carbonyl (C=O) groups excluding carboxylic acids is 1. The first-order chi connectivity index (χ1) is 8.83. The topological polar surface area (TPSA) is 33.2 Å². The molecule has 0 saturated carbocycles. The number of likely N-dealkylation sites (tertiary alicyclic amines) is 1. The van der Waals surface area contributed by atoms with Gasteiger partial charge < -0.3 is 4.90 Å². The minimum Gasteiger partial charge on any atom is -0.336 e. The fourth-order valence-corrected chi connectivity index (χ4v) is 3.34. The van der Waals surface area contributed by atoms with Gasteiger partial charge in [0.25, 0.3) is 0 Å². The van der Waals surface area contributed by atoms with Crippen LogP contribution in [0.3, 0.4) is 0 Å². The van der Waals surface area contributed by atoms with Crippen molar-refractivity contribution in [3.05, 3.63) is 29.3 Å². The number of rotatable bonds is 2. The third-order valence-electron chi connectivity index (χ3n) is 3.34. The zero-order chi connectivity index (χ0) is 12.4. The van der Waals surface area contributed by atoms with Crippen LogP contribution in [-0.4, -0.2) is 22.3 Å². The van der Waals surface area contributed by atoms with Crippen LogP contribution in [0.25, 0.3) is 10.2 Å². The van der Waals surface area contributed by atoms with Crippen LogP contribution < -0.4 is 0 Å². The average Bonchev–Trinajstić information content (AvgIpc) is 2.68. The molecule has 4 heteroatoms. The normalized spacial score (nSPS) is 17.1. The highest BCUT2D eigenvalue weighted by atomic mass is 32.1. The molecule has 1 aliphatic heterocycles. The number of hydrogen-bond acceptors (Lipinski definition) is 3. The molecule has 0 unspecified atom stereocenters. The summed E-state index contributed by atoms with van der Waals surface area (Å²) in [6, 6.07) is 8.14. The van der Waals surface area contributed by atoms with Gasteiger partial charge in [0, 0.05) is 13.0 Å². The van der Waals surface area contributed by atoms with Crippen LogP contribution in [0.15, 0.2) is 24.3 Å². The van der Waals surface area contributed by atoms with E-state index in [1.54, 1.807) is 11.3 Å². The highest BCUT2D eigenvalue weighted by Crippen LogP contribution is 2.23. The van der Waals surface area contributed by atoms with E-state index < -0.39 is 0 Å². The number of benzene rings is 1. The summed E-state index contributed by atoms with van der Waals surface area (Å²) >= 11 is 1.69. The summed E-state index contributed by atoms with van der Waals surface area (Å²) in [6.07, 6.45) is 4.03. The Morgan fingerprint density at radius 1 is 1.22 bits per heavy atom. The molecule has 0 atom stereocenters. The summed E-state index contributed by atoms with van der Waals surface area (Å²) in [4.78, 5) is 18.5. The Morgan fingerprint density at radius 3 is 3.00 bits per heavy atom. The number of amides is 1. The van der Waals surface area contributed by atoms with Crippen LogP contribution >= 0.6 is 11.3 Å². The molecule has 3 rings (SSSR count). The lowest BCUT2D eigenvalue weighted by Gasteiger charge is -2.18. The summed E-state index contributed by atoms with van der Waals surface area (Å²) < 4.78 is 1.20. The Morgan fingerprint density at radius 2 is 2.11 bits per heavy atom. The fraction of sp³-hybridized carbons (Fsp3) is 0.429. The van der Waals surface area contributed by atoms with E-state index in [4.69, 9.17) is 0 Å². The molecule has 1 amide bonds. The van der Waals surface area contributed by atoms with Gasteiger partial charge in [0.15, 0.2) is 0 Å². The number of thiazole rings is 1. The van der Waals surface area contributed by atoms with Crippen LogP contribution in [-0.2, 0) is 11.3 Å². The van der Waals surface area contributed by atoms with Crippen LogP contribution in [0.4, 0.5) is 0 Å². The Hall–Kier alpha value is -1.42. The second kappa shape index (κ2) is 5.06. The second-order valence-electron chi connectivity index (χ2n) is 4.70. The zero-order valence-electron chi connectivity index (χ0n) is 10.3.